The Hall–Kier alpha value is -0.870. The first-order chi connectivity index (χ1) is 6.91. The minimum absolute atomic E-state index is 0.317. The molecule has 0 radical (unpaired) electrons. The molecule has 0 amide bonds. The van der Waals surface area contributed by atoms with Crippen LogP contribution in [0.15, 0.2) is 11.6 Å². The van der Waals surface area contributed by atoms with Crippen LogP contribution in [0.3, 0.4) is 0 Å². The number of hydrogen-bond acceptors (Lipinski definition) is 3. The van der Waals surface area contributed by atoms with Gasteiger partial charge in [-0.25, -0.2) is 0 Å². The molecule has 1 aliphatic rings. The Balaban J connectivity index is 2.28. The van der Waals surface area contributed by atoms with Crippen molar-refractivity contribution in [1.82, 2.24) is 0 Å². The zero-order chi connectivity index (χ0) is 11.5. The predicted octanol–water partition coefficient (Wildman–Crippen LogP) is -0.452. The first-order valence-corrected chi connectivity index (χ1v) is 5.22. The summed E-state index contributed by atoms with van der Waals surface area (Å²) in [6.07, 6.45) is 2.90. The Morgan fingerprint density at radius 1 is 1.60 bits per heavy atom. The van der Waals surface area contributed by atoms with E-state index in [1.165, 1.54) is 0 Å². The molecule has 0 bridgehead atoms. The Morgan fingerprint density at radius 3 is 2.67 bits per heavy atom. The number of rotatable bonds is 6. The summed E-state index contributed by atoms with van der Waals surface area (Å²) >= 11 is 0. The van der Waals surface area contributed by atoms with Crippen molar-refractivity contribution in [2.45, 2.75) is 19.4 Å². The van der Waals surface area contributed by atoms with Crippen LogP contribution in [-0.2, 0) is 9.53 Å². The molecule has 0 aromatic heterocycles. The van der Waals surface area contributed by atoms with Crippen LogP contribution in [0.2, 0.25) is 0 Å². The molecule has 4 heteroatoms. The number of carboxylic acids is 1. The summed E-state index contributed by atoms with van der Waals surface area (Å²) in [5.74, 6) is -1.08. The zero-order valence-electron chi connectivity index (χ0n) is 9.66. The lowest BCUT2D eigenvalue weighted by Gasteiger charge is -2.28. The van der Waals surface area contributed by atoms with E-state index in [4.69, 9.17) is 4.74 Å². The fourth-order valence-corrected chi connectivity index (χ4v) is 1.53. The summed E-state index contributed by atoms with van der Waals surface area (Å²) in [6.45, 7) is 4.36. The largest absolute Gasteiger partial charge is 0.545 e. The summed E-state index contributed by atoms with van der Waals surface area (Å²) in [4.78, 5) is 10.4. The second-order valence-corrected chi connectivity index (χ2v) is 4.76. The normalized spacial score (nSPS) is 21.5. The van der Waals surface area contributed by atoms with Gasteiger partial charge >= 0.3 is 0 Å². The molecular weight excluding hydrogens is 194 g/mol. The van der Waals surface area contributed by atoms with E-state index < -0.39 is 5.97 Å². The predicted molar refractivity (Wildman–Crippen MR) is 55.0 cm³/mol. The zero-order valence-corrected chi connectivity index (χ0v) is 9.66. The number of ether oxygens (including phenoxy) is 1. The summed E-state index contributed by atoms with van der Waals surface area (Å²) in [5.41, 5.74) is 0.317. The number of carboxylic acid groups (broad SMARTS) is 1. The monoisotopic (exact) mass is 213 g/mol. The highest BCUT2D eigenvalue weighted by atomic mass is 16.6. The van der Waals surface area contributed by atoms with Crippen LogP contribution >= 0.6 is 0 Å². The maximum atomic E-state index is 10.4. The average molecular weight is 213 g/mol. The lowest BCUT2D eigenvalue weighted by molar-refractivity contribution is -0.890. The second kappa shape index (κ2) is 4.77. The minimum Gasteiger partial charge on any atom is -0.545 e. The highest BCUT2D eigenvalue weighted by molar-refractivity contribution is 5.83. The van der Waals surface area contributed by atoms with E-state index in [1.54, 1.807) is 13.0 Å². The molecule has 86 valence electrons. The summed E-state index contributed by atoms with van der Waals surface area (Å²) in [6, 6.07) is 0. The number of quaternary nitrogens is 1. The van der Waals surface area contributed by atoms with Crippen molar-refractivity contribution in [2.24, 2.45) is 0 Å². The molecule has 1 rings (SSSR count). The summed E-state index contributed by atoms with van der Waals surface area (Å²) in [7, 11) is 4.26. The molecule has 0 saturated carbocycles. The van der Waals surface area contributed by atoms with Crippen LogP contribution in [0.1, 0.15) is 13.3 Å². The molecule has 1 aliphatic heterocycles. The standard InChI is InChI=1S/C11H19NO3/c1-9(11(13)14)5-4-6-12(2,3)7-10-8-15-10/h5,10H,4,6-8H2,1-3H3. The van der Waals surface area contributed by atoms with Crippen molar-refractivity contribution in [3.8, 4) is 0 Å². The maximum absolute atomic E-state index is 10.4. The molecule has 0 N–H and O–H groups in total. The SMILES string of the molecule is CC(=CCC[N+](C)(C)CC1CO1)C(=O)[O-]. The molecule has 0 aromatic rings. The summed E-state index contributed by atoms with van der Waals surface area (Å²) < 4.78 is 6.04. The first kappa shape index (κ1) is 12.2. The fraction of sp³-hybridized carbons (Fsp3) is 0.727. The summed E-state index contributed by atoms with van der Waals surface area (Å²) in [5, 5.41) is 10.4. The van der Waals surface area contributed by atoms with Crippen molar-refractivity contribution in [2.75, 3.05) is 33.8 Å². The number of nitrogens with zero attached hydrogens (tertiary/aromatic N) is 1. The van der Waals surface area contributed by atoms with Crippen LogP contribution in [0.25, 0.3) is 0 Å². The lowest BCUT2D eigenvalue weighted by Crippen LogP contribution is -2.43. The van der Waals surface area contributed by atoms with Crippen LogP contribution in [0.5, 0.6) is 0 Å². The molecule has 0 aromatic carbocycles. The lowest BCUT2D eigenvalue weighted by atomic mass is 10.2. The number of hydrogen-bond donors (Lipinski definition) is 0. The Kier molecular flexibility index (Phi) is 3.88. The molecule has 1 unspecified atom stereocenters. The number of carbonyl (C=O) groups is 1. The second-order valence-electron chi connectivity index (χ2n) is 4.76. The van der Waals surface area contributed by atoms with Gasteiger partial charge in [0.15, 0.2) is 0 Å². The van der Waals surface area contributed by atoms with E-state index in [2.05, 4.69) is 14.1 Å². The van der Waals surface area contributed by atoms with Gasteiger partial charge in [-0.1, -0.05) is 6.08 Å². The third-order valence-corrected chi connectivity index (χ3v) is 2.61. The quantitative estimate of drug-likeness (QED) is 0.341. The van der Waals surface area contributed by atoms with Crippen LogP contribution in [-0.4, -0.2) is 50.3 Å². The molecular formula is C11H19NO3. The van der Waals surface area contributed by atoms with Crippen molar-refractivity contribution in [1.29, 1.82) is 0 Å². The molecule has 1 heterocycles. The number of likely N-dealkylation sites (N-methyl/N-ethyl adjacent to an activating group) is 1. The molecule has 1 saturated heterocycles. The Bertz CT molecular complexity index is 267. The van der Waals surface area contributed by atoms with Gasteiger partial charge in [-0.05, 0) is 12.5 Å². The molecule has 4 nitrogen and oxygen atoms in total. The van der Waals surface area contributed by atoms with Gasteiger partial charge < -0.3 is 19.1 Å². The van der Waals surface area contributed by atoms with Gasteiger partial charge in [0.25, 0.3) is 0 Å². The first-order valence-electron chi connectivity index (χ1n) is 5.22. The van der Waals surface area contributed by atoms with E-state index in [-0.39, 0.29) is 0 Å². The molecule has 1 atom stereocenters. The van der Waals surface area contributed by atoms with Gasteiger partial charge in [-0.2, -0.15) is 0 Å². The third kappa shape index (κ3) is 4.95. The minimum atomic E-state index is -1.08. The van der Waals surface area contributed by atoms with E-state index in [0.717, 1.165) is 30.6 Å². The van der Waals surface area contributed by atoms with Crippen molar-refractivity contribution < 1.29 is 19.1 Å². The highest BCUT2D eigenvalue weighted by Crippen LogP contribution is 2.14. The van der Waals surface area contributed by atoms with Gasteiger partial charge in [0.1, 0.15) is 12.6 Å². The van der Waals surface area contributed by atoms with Crippen LogP contribution in [0, 0.1) is 0 Å². The fourth-order valence-electron chi connectivity index (χ4n) is 1.53. The van der Waals surface area contributed by atoms with Gasteiger partial charge in [0, 0.05) is 6.42 Å². The number of carbonyl (C=O) groups excluding carboxylic acids is 1. The molecule has 1 fully saturated rings. The Morgan fingerprint density at radius 2 is 2.20 bits per heavy atom. The van der Waals surface area contributed by atoms with Crippen molar-refractivity contribution in [3.05, 3.63) is 11.6 Å². The van der Waals surface area contributed by atoms with Crippen LogP contribution < -0.4 is 5.11 Å². The van der Waals surface area contributed by atoms with Crippen LogP contribution in [0.4, 0.5) is 0 Å². The third-order valence-electron chi connectivity index (χ3n) is 2.61. The molecule has 15 heavy (non-hydrogen) atoms. The van der Waals surface area contributed by atoms with Crippen molar-refractivity contribution >= 4 is 5.97 Å². The maximum Gasteiger partial charge on any atom is 0.130 e. The average Bonchev–Trinajstić information content (AvgIpc) is 2.86. The van der Waals surface area contributed by atoms with Gasteiger partial charge in [-0.3, -0.25) is 0 Å². The molecule has 0 spiro atoms. The van der Waals surface area contributed by atoms with Gasteiger partial charge in [-0.15, -0.1) is 0 Å². The Labute approximate surface area is 90.7 Å². The van der Waals surface area contributed by atoms with E-state index in [1.807, 2.05) is 0 Å². The van der Waals surface area contributed by atoms with E-state index in [0.29, 0.717) is 11.7 Å². The van der Waals surface area contributed by atoms with Crippen molar-refractivity contribution in [3.63, 3.8) is 0 Å². The smallest absolute Gasteiger partial charge is 0.130 e. The van der Waals surface area contributed by atoms with Gasteiger partial charge in [0.05, 0.1) is 33.2 Å². The highest BCUT2D eigenvalue weighted by Gasteiger charge is 2.30. The molecule has 0 aliphatic carbocycles. The van der Waals surface area contributed by atoms with E-state index in [9.17, 15) is 9.90 Å². The number of epoxide rings is 1. The van der Waals surface area contributed by atoms with E-state index >= 15 is 0 Å². The number of aliphatic carboxylic acids is 1. The van der Waals surface area contributed by atoms with Gasteiger partial charge in [0.2, 0.25) is 0 Å². The topological polar surface area (TPSA) is 52.7 Å².